The lowest BCUT2D eigenvalue weighted by molar-refractivity contribution is -0.385. The number of anilines is 2. The van der Waals surface area contributed by atoms with Crippen molar-refractivity contribution in [3.8, 4) is 6.07 Å². The first-order valence-corrected chi connectivity index (χ1v) is 14.1. The number of hydrogen-bond donors (Lipinski definition) is 2. The Labute approximate surface area is 237 Å². The second kappa shape index (κ2) is 11.3. The third kappa shape index (κ3) is 5.18. The molecule has 0 fully saturated rings. The van der Waals surface area contributed by atoms with Crippen LogP contribution in [0.2, 0.25) is 0 Å². The molecule has 2 aromatic carbocycles. The van der Waals surface area contributed by atoms with E-state index >= 15 is 0 Å². The molecule has 1 atom stereocenters. The standard InChI is InChI=1S/C27H23N7O4S2/c1-15-10-11-17(12-20(15)34(37)38)30-22(36)14-39-27-32-31-26(40-27)33-19-8-5-9-21(35)24(19)23(18(13-28)25(33)29)16-6-3-2-4-7-16/h2-4,6-7,10-12,23H,5,8-9,14,29H2,1H3,(H,30,36). The first kappa shape index (κ1) is 27.0. The topological polar surface area (TPSA) is 168 Å². The second-order valence-corrected chi connectivity index (χ2v) is 11.4. The molecule has 1 amide bonds. The number of ketones is 1. The van der Waals surface area contributed by atoms with E-state index in [1.54, 1.807) is 24.0 Å². The van der Waals surface area contributed by atoms with E-state index in [9.17, 15) is 25.0 Å². The molecule has 0 bridgehead atoms. The van der Waals surface area contributed by atoms with Crippen molar-refractivity contribution in [3.63, 3.8) is 0 Å². The molecule has 0 saturated carbocycles. The van der Waals surface area contributed by atoms with Gasteiger partial charge in [0.1, 0.15) is 5.82 Å². The molecule has 3 aromatic rings. The fourth-order valence-corrected chi connectivity index (χ4v) is 6.52. The number of nitriles is 1. The maximum absolute atomic E-state index is 13.2. The zero-order chi connectivity index (χ0) is 28.4. The number of nitrogens with one attached hydrogen (secondary N) is 1. The van der Waals surface area contributed by atoms with Gasteiger partial charge in [0.05, 0.1) is 28.2 Å². The van der Waals surface area contributed by atoms with Crippen LogP contribution in [0.15, 0.2) is 75.5 Å². The molecule has 1 unspecified atom stereocenters. The van der Waals surface area contributed by atoms with Gasteiger partial charge in [-0.1, -0.05) is 59.5 Å². The number of benzene rings is 2. The van der Waals surface area contributed by atoms with Crippen LogP contribution in [-0.4, -0.2) is 32.6 Å². The Morgan fingerprint density at radius 1 is 1.27 bits per heavy atom. The number of nitrogens with two attached hydrogens (primary N) is 1. The molecule has 202 valence electrons. The van der Waals surface area contributed by atoms with Crippen molar-refractivity contribution in [1.29, 1.82) is 5.26 Å². The third-order valence-corrected chi connectivity index (χ3v) is 8.69. The van der Waals surface area contributed by atoms with Crippen molar-refractivity contribution in [2.75, 3.05) is 16.0 Å². The lowest BCUT2D eigenvalue weighted by Gasteiger charge is -2.38. The Morgan fingerprint density at radius 2 is 2.05 bits per heavy atom. The van der Waals surface area contributed by atoms with Gasteiger partial charge in [-0.2, -0.15) is 5.26 Å². The van der Waals surface area contributed by atoms with Crippen LogP contribution in [0.5, 0.6) is 0 Å². The number of carbonyl (C=O) groups is 2. The zero-order valence-corrected chi connectivity index (χ0v) is 22.9. The summed E-state index contributed by atoms with van der Waals surface area (Å²) in [5.74, 6) is -0.734. The maximum Gasteiger partial charge on any atom is 0.274 e. The minimum atomic E-state index is -0.548. The molecule has 40 heavy (non-hydrogen) atoms. The molecular formula is C27H23N7O4S2. The highest BCUT2D eigenvalue weighted by atomic mass is 32.2. The van der Waals surface area contributed by atoms with E-state index < -0.39 is 10.8 Å². The number of thioether (sulfide) groups is 1. The molecule has 0 spiro atoms. The molecule has 13 heteroatoms. The summed E-state index contributed by atoms with van der Waals surface area (Å²) in [6.45, 7) is 1.63. The van der Waals surface area contributed by atoms with Crippen LogP contribution in [0.25, 0.3) is 0 Å². The summed E-state index contributed by atoms with van der Waals surface area (Å²) < 4.78 is 0.487. The molecule has 2 heterocycles. The highest BCUT2D eigenvalue weighted by molar-refractivity contribution is 8.01. The summed E-state index contributed by atoms with van der Waals surface area (Å²) in [5, 5.41) is 32.8. The molecule has 3 N–H and O–H groups in total. The number of Topliss-reactive ketones (excluding diaryl/α,β-unsaturated/α-hetero) is 1. The van der Waals surface area contributed by atoms with E-state index in [4.69, 9.17) is 5.73 Å². The van der Waals surface area contributed by atoms with E-state index in [1.807, 2.05) is 30.3 Å². The van der Waals surface area contributed by atoms with Crippen LogP contribution in [0.1, 0.15) is 36.3 Å². The van der Waals surface area contributed by atoms with Gasteiger partial charge in [-0.15, -0.1) is 10.2 Å². The van der Waals surface area contributed by atoms with Gasteiger partial charge in [0.25, 0.3) is 5.69 Å². The van der Waals surface area contributed by atoms with Crippen LogP contribution in [0.3, 0.4) is 0 Å². The van der Waals surface area contributed by atoms with E-state index in [2.05, 4.69) is 21.6 Å². The summed E-state index contributed by atoms with van der Waals surface area (Å²) in [7, 11) is 0. The van der Waals surface area contributed by atoms with Crippen LogP contribution in [-0.2, 0) is 9.59 Å². The molecule has 5 rings (SSSR count). The highest BCUT2D eigenvalue weighted by Gasteiger charge is 2.41. The highest BCUT2D eigenvalue weighted by Crippen LogP contribution is 2.47. The molecule has 11 nitrogen and oxygen atoms in total. The number of aromatic nitrogens is 2. The number of nitro groups is 1. The lowest BCUT2D eigenvalue weighted by Crippen LogP contribution is -2.38. The van der Waals surface area contributed by atoms with E-state index in [0.29, 0.717) is 51.3 Å². The number of hydrogen-bond acceptors (Lipinski definition) is 11. The SMILES string of the molecule is Cc1ccc(NC(=O)CSc2nnc(N3C(N)=C(C#N)C(c4ccccc4)C4=C3CCCC4=O)s2)cc1[N+](=O)[O-]. The Bertz CT molecular complexity index is 1620. The number of rotatable bonds is 7. The number of carbonyl (C=O) groups excluding carboxylic acids is 2. The second-order valence-electron chi connectivity index (χ2n) is 9.17. The quantitative estimate of drug-likeness (QED) is 0.228. The number of allylic oxidation sites excluding steroid dienone is 3. The van der Waals surface area contributed by atoms with Crippen molar-refractivity contribution in [2.45, 2.75) is 36.4 Å². The first-order valence-electron chi connectivity index (χ1n) is 12.3. The largest absolute Gasteiger partial charge is 0.384 e. The lowest BCUT2D eigenvalue weighted by atomic mass is 9.76. The van der Waals surface area contributed by atoms with Crippen molar-refractivity contribution in [1.82, 2.24) is 10.2 Å². The Balaban J connectivity index is 1.38. The molecule has 1 aromatic heterocycles. The fourth-order valence-electron chi connectivity index (χ4n) is 4.84. The van der Waals surface area contributed by atoms with Crippen LogP contribution in [0.4, 0.5) is 16.5 Å². The van der Waals surface area contributed by atoms with Gasteiger partial charge in [-0.05, 0) is 31.4 Å². The molecule has 0 saturated heterocycles. The van der Waals surface area contributed by atoms with E-state index in [0.717, 1.165) is 17.3 Å². The van der Waals surface area contributed by atoms with Crippen LogP contribution < -0.4 is 16.0 Å². The number of nitrogens with zero attached hydrogens (tertiary/aromatic N) is 5. The number of nitro benzene ring substituents is 1. The average molecular weight is 574 g/mol. The summed E-state index contributed by atoms with van der Waals surface area (Å²) in [4.78, 5) is 38.1. The van der Waals surface area contributed by atoms with Gasteiger partial charge >= 0.3 is 0 Å². The minimum Gasteiger partial charge on any atom is -0.384 e. The minimum absolute atomic E-state index is 0.00636. The van der Waals surface area contributed by atoms with E-state index in [1.165, 1.54) is 17.4 Å². The monoisotopic (exact) mass is 573 g/mol. The van der Waals surface area contributed by atoms with Crippen molar-refractivity contribution in [3.05, 3.63) is 92.4 Å². The normalized spacial score (nSPS) is 16.9. The van der Waals surface area contributed by atoms with Gasteiger partial charge in [0.15, 0.2) is 10.1 Å². The molecule has 0 radical (unpaired) electrons. The zero-order valence-electron chi connectivity index (χ0n) is 21.3. The number of aryl methyl sites for hydroxylation is 1. The van der Waals surface area contributed by atoms with E-state index in [-0.39, 0.29) is 34.5 Å². The predicted molar refractivity (Wildman–Crippen MR) is 151 cm³/mol. The summed E-state index contributed by atoms with van der Waals surface area (Å²) in [6.07, 6.45) is 1.64. The van der Waals surface area contributed by atoms with Crippen molar-refractivity contribution in [2.24, 2.45) is 5.73 Å². The molecule has 1 aliphatic heterocycles. The Morgan fingerprint density at radius 3 is 2.77 bits per heavy atom. The Hall–Kier alpha value is -4.54. The van der Waals surface area contributed by atoms with Gasteiger partial charge in [0, 0.05) is 35.0 Å². The third-order valence-electron chi connectivity index (χ3n) is 6.65. The van der Waals surface area contributed by atoms with Crippen LogP contribution >= 0.6 is 23.1 Å². The fraction of sp³-hybridized carbons (Fsp3) is 0.222. The van der Waals surface area contributed by atoms with Crippen molar-refractivity contribution >= 4 is 51.3 Å². The number of amides is 1. The van der Waals surface area contributed by atoms with Gasteiger partial charge < -0.3 is 11.1 Å². The van der Waals surface area contributed by atoms with Gasteiger partial charge in [-0.25, -0.2) is 0 Å². The van der Waals surface area contributed by atoms with Crippen molar-refractivity contribution < 1.29 is 14.5 Å². The first-order chi connectivity index (χ1) is 19.3. The summed E-state index contributed by atoms with van der Waals surface area (Å²) >= 11 is 2.34. The maximum atomic E-state index is 13.2. The van der Waals surface area contributed by atoms with Crippen LogP contribution in [0, 0.1) is 28.4 Å². The summed E-state index contributed by atoms with van der Waals surface area (Å²) in [6, 6.07) is 16.1. The Kier molecular flexibility index (Phi) is 7.63. The predicted octanol–water partition coefficient (Wildman–Crippen LogP) is 4.79. The molecule has 2 aliphatic rings. The molecular weight excluding hydrogens is 550 g/mol. The average Bonchev–Trinajstić information content (AvgIpc) is 3.41. The van der Waals surface area contributed by atoms with Gasteiger partial charge in [-0.3, -0.25) is 24.6 Å². The van der Waals surface area contributed by atoms with Gasteiger partial charge in [0.2, 0.25) is 11.0 Å². The summed E-state index contributed by atoms with van der Waals surface area (Å²) in [5.41, 5.74) is 9.68. The molecule has 1 aliphatic carbocycles. The smallest absolute Gasteiger partial charge is 0.274 e.